The molecule has 0 N–H and O–H groups in total. The van der Waals surface area contributed by atoms with Crippen molar-refractivity contribution < 1.29 is 4.42 Å². The summed E-state index contributed by atoms with van der Waals surface area (Å²) in [5, 5.41) is 6.87. The van der Waals surface area contributed by atoms with Gasteiger partial charge in [0.15, 0.2) is 17.5 Å². The largest absolute Gasteiger partial charge is 0.456 e. The van der Waals surface area contributed by atoms with Crippen molar-refractivity contribution in [1.82, 2.24) is 15.0 Å². The fourth-order valence-corrected chi connectivity index (χ4v) is 7.25. The highest BCUT2D eigenvalue weighted by atomic mass is 16.3. The summed E-state index contributed by atoms with van der Waals surface area (Å²) in [7, 11) is 0. The van der Waals surface area contributed by atoms with Gasteiger partial charge in [-0.2, -0.15) is 0 Å². The van der Waals surface area contributed by atoms with Crippen LogP contribution in [-0.2, 0) is 0 Å². The van der Waals surface area contributed by atoms with E-state index in [0.29, 0.717) is 17.5 Å². The second-order valence-corrected chi connectivity index (χ2v) is 12.8. The van der Waals surface area contributed by atoms with Gasteiger partial charge in [0.05, 0.1) is 0 Å². The summed E-state index contributed by atoms with van der Waals surface area (Å²) in [4.78, 5) is 15.4. The highest BCUT2D eigenvalue weighted by molar-refractivity contribution is 6.12. The maximum atomic E-state index is 6.25. The van der Waals surface area contributed by atoms with Crippen LogP contribution in [0.2, 0.25) is 0 Å². The Hall–Kier alpha value is -6.91. The topological polar surface area (TPSA) is 51.8 Å². The summed E-state index contributed by atoms with van der Waals surface area (Å²) in [5.41, 5.74) is 8.97. The van der Waals surface area contributed by atoms with E-state index in [1.165, 1.54) is 32.7 Å². The maximum Gasteiger partial charge on any atom is 0.164 e. The number of aromatic nitrogens is 3. The summed E-state index contributed by atoms with van der Waals surface area (Å²) in [6.07, 6.45) is 0. The van der Waals surface area contributed by atoms with Crippen molar-refractivity contribution in [3.05, 3.63) is 176 Å². The van der Waals surface area contributed by atoms with Gasteiger partial charge in [-0.3, -0.25) is 0 Å². The van der Waals surface area contributed by atoms with Crippen molar-refractivity contribution in [3.8, 4) is 56.4 Å². The molecule has 4 nitrogen and oxygen atoms in total. The van der Waals surface area contributed by atoms with Crippen molar-refractivity contribution in [1.29, 1.82) is 0 Å². The lowest BCUT2D eigenvalue weighted by Crippen LogP contribution is -2.01. The minimum Gasteiger partial charge on any atom is -0.456 e. The van der Waals surface area contributed by atoms with Crippen molar-refractivity contribution >= 4 is 43.5 Å². The van der Waals surface area contributed by atoms with Crippen LogP contribution in [0.3, 0.4) is 0 Å². The molecule has 0 saturated carbocycles. The molecule has 10 aromatic rings. The Kier molecular flexibility index (Phi) is 6.78. The molecule has 0 amide bonds. The molecule has 0 fully saturated rings. The van der Waals surface area contributed by atoms with E-state index >= 15 is 0 Å². The summed E-state index contributed by atoms with van der Waals surface area (Å²) in [5.74, 6) is 1.83. The van der Waals surface area contributed by atoms with E-state index in [1.807, 2.05) is 60.7 Å². The van der Waals surface area contributed by atoms with Crippen LogP contribution in [0.1, 0.15) is 0 Å². The lowest BCUT2D eigenvalue weighted by Gasteiger charge is -2.14. The second-order valence-electron chi connectivity index (χ2n) is 12.8. The standard InChI is InChI=1S/C47H29N3O/c1-3-12-30(13-4-1)34-26-24-31-22-23-32-25-27-35(29-41(32)40(31)28-34)36-16-7-8-17-37(36)46-48-45(33-14-5-2-6-15-33)49-47(50-46)39-19-11-21-43-44(39)38-18-9-10-20-42(38)51-43/h1-29H. The van der Waals surface area contributed by atoms with Gasteiger partial charge in [-0.1, -0.05) is 152 Å². The van der Waals surface area contributed by atoms with Crippen molar-refractivity contribution in [3.63, 3.8) is 0 Å². The molecule has 2 heterocycles. The van der Waals surface area contributed by atoms with E-state index in [2.05, 4.69) is 115 Å². The Bertz CT molecular complexity index is 2910. The quantitative estimate of drug-likeness (QED) is 0.174. The molecule has 238 valence electrons. The molecule has 0 bridgehead atoms. The third kappa shape index (κ3) is 5.04. The van der Waals surface area contributed by atoms with Crippen LogP contribution in [0.25, 0.3) is 99.9 Å². The van der Waals surface area contributed by atoms with Crippen LogP contribution < -0.4 is 0 Å². The highest BCUT2D eigenvalue weighted by Gasteiger charge is 2.19. The molecule has 0 spiro atoms. The Labute approximate surface area is 294 Å². The van der Waals surface area contributed by atoms with Crippen LogP contribution in [0, 0.1) is 0 Å². The monoisotopic (exact) mass is 651 g/mol. The minimum absolute atomic E-state index is 0.601. The molecular weight excluding hydrogens is 623 g/mol. The average Bonchev–Trinajstić information content (AvgIpc) is 3.60. The molecule has 8 aromatic carbocycles. The van der Waals surface area contributed by atoms with E-state index < -0.39 is 0 Å². The molecule has 0 aliphatic heterocycles. The molecular formula is C47H29N3O. The SMILES string of the molecule is c1ccc(-c2ccc3ccc4ccc(-c5ccccc5-c5nc(-c6ccccc6)nc(-c6cccc7oc8ccccc8c67)n5)cc4c3c2)cc1. The van der Waals surface area contributed by atoms with Crippen LogP contribution >= 0.6 is 0 Å². The van der Waals surface area contributed by atoms with E-state index in [-0.39, 0.29) is 0 Å². The van der Waals surface area contributed by atoms with Gasteiger partial charge in [0.1, 0.15) is 11.2 Å². The zero-order valence-electron chi connectivity index (χ0n) is 27.5. The van der Waals surface area contributed by atoms with Gasteiger partial charge in [-0.25, -0.2) is 15.0 Å². The van der Waals surface area contributed by atoms with Gasteiger partial charge in [0.2, 0.25) is 0 Å². The number of hydrogen-bond donors (Lipinski definition) is 0. The number of rotatable bonds is 5. The number of fused-ring (bicyclic) bond motifs is 6. The van der Waals surface area contributed by atoms with Gasteiger partial charge in [0, 0.05) is 27.5 Å². The van der Waals surface area contributed by atoms with E-state index in [0.717, 1.165) is 49.8 Å². The predicted octanol–water partition coefficient (Wildman–Crippen LogP) is 12.4. The predicted molar refractivity (Wildman–Crippen MR) is 209 cm³/mol. The van der Waals surface area contributed by atoms with Gasteiger partial charge < -0.3 is 4.42 Å². The number of benzene rings is 8. The van der Waals surface area contributed by atoms with E-state index in [4.69, 9.17) is 19.4 Å². The van der Waals surface area contributed by atoms with Crippen LogP contribution in [-0.4, -0.2) is 15.0 Å². The number of nitrogens with zero attached hydrogens (tertiary/aromatic N) is 3. The summed E-state index contributed by atoms with van der Waals surface area (Å²) < 4.78 is 6.25. The van der Waals surface area contributed by atoms with E-state index in [9.17, 15) is 0 Å². The molecule has 0 unspecified atom stereocenters. The second kappa shape index (κ2) is 11.9. The zero-order valence-corrected chi connectivity index (χ0v) is 27.5. The first-order valence-electron chi connectivity index (χ1n) is 17.1. The third-order valence-electron chi connectivity index (χ3n) is 9.74. The van der Waals surface area contributed by atoms with Gasteiger partial charge in [-0.15, -0.1) is 0 Å². The lowest BCUT2D eigenvalue weighted by atomic mass is 9.93. The molecule has 0 radical (unpaired) electrons. The first-order chi connectivity index (χ1) is 25.3. The average molecular weight is 652 g/mol. The van der Waals surface area contributed by atoms with Crippen molar-refractivity contribution in [2.24, 2.45) is 0 Å². The third-order valence-corrected chi connectivity index (χ3v) is 9.74. The van der Waals surface area contributed by atoms with Crippen molar-refractivity contribution in [2.75, 3.05) is 0 Å². The maximum absolute atomic E-state index is 6.25. The number of para-hydroxylation sites is 1. The highest BCUT2D eigenvalue weighted by Crippen LogP contribution is 2.39. The minimum atomic E-state index is 0.601. The van der Waals surface area contributed by atoms with Crippen LogP contribution in [0.15, 0.2) is 180 Å². The lowest BCUT2D eigenvalue weighted by molar-refractivity contribution is 0.669. The number of furan rings is 1. The first-order valence-corrected chi connectivity index (χ1v) is 17.1. The Balaban J connectivity index is 1.18. The fraction of sp³-hybridized carbons (Fsp3) is 0. The first kappa shape index (κ1) is 29.0. The van der Waals surface area contributed by atoms with Gasteiger partial charge >= 0.3 is 0 Å². The summed E-state index contributed by atoms with van der Waals surface area (Å²) in [6, 6.07) is 61.2. The summed E-state index contributed by atoms with van der Waals surface area (Å²) in [6.45, 7) is 0. The summed E-state index contributed by atoms with van der Waals surface area (Å²) >= 11 is 0. The van der Waals surface area contributed by atoms with Crippen LogP contribution in [0.5, 0.6) is 0 Å². The zero-order chi connectivity index (χ0) is 33.7. The Morgan fingerprint density at radius 2 is 0.843 bits per heavy atom. The van der Waals surface area contributed by atoms with Crippen LogP contribution in [0.4, 0.5) is 0 Å². The normalized spacial score (nSPS) is 11.5. The van der Waals surface area contributed by atoms with Gasteiger partial charge in [-0.05, 0) is 68.1 Å². The molecule has 51 heavy (non-hydrogen) atoms. The molecule has 10 rings (SSSR count). The molecule has 2 aromatic heterocycles. The molecule has 0 aliphatic rings. The van der Waals surface area contributed by atoms with Gasteiger partial charge in [0.25, 0.3) is 0 Å². The fourth-order valence-electron chi connectivity index (χ4n) is 7.25. The molecule has 0 saturated heterocycles. The Morgan fingerprint density at radius 3 is 1.61 bits per heavy atom. The van der Waals surface area contributed by atoms with E-state index in [1.54, 1.807) is 0 Å². The molecule has 0 aliphatic carbocycles. The number of hydrogen-bond acceptors (Lipinski definition) is 4. The van der Waals surface area contributed by atoms with Crippen molar-refractivity contribution in [2.45, 2.75) is 0 Å². The Morgan fingerprint density at radius 1 is 0.314 bits per heavy atom. The molecule has 4 heteroatoms. The molecule has 0 atom stereocenters. The smallest absolute Gasteiger partial charge is 0.164 e.